The molecule has 6 nitrogen and oxygen atoms in total. The third kappa shape index (κ3) is 4.27. The fraction of sp³-hybridized carbons (Fsp3) is 0.750. The van der Waals surface area contributed by atoms with E-state index in [1.165, 1.54) is 38.5 Å². The first kappa shape index (κ1) is 17.6. The summed E-state index contributed by atoms with van der Waals surface area (Å²) in [5.74, 6) is 0.844. The van der Waals surface area contributed by atoms with Crippen molar-refractivity contribution in [2.75, 3.05) is 18.0 Å². The van der Waals surface area contributed by atoms with Crippen molar-refractivity contribution in [3.8, 4) is 0 Å². The largest absolute Gasteiger partial charge is 0.369 e. The molecule has 1 aliphatic heterocycles. The van der Waals surface area contributed by atoms with Gasteiger partial charge in [0.2, 0.25) is 5.91 Å². The predicted octanol–water partition coefficient (Wildman–Crippen LogP) is 2.32. The Balaban J connectivity index is 1.33. The first-order valence-corrected chi connectivity index (χ1v) is 10.3. The molecule has 1 saturated heterocycles. The fourth-order valence-corrected chi connectivity index (χ4v) is 4.23. The van der Waals surface area contributed by atoms with E-state index >= 15 is 0 Å². The Labute approximate surface area is 155 Å². The molecule has 0 aromatic carbocycles. The summed E-state index contributed by atoms with van der Waals surface area (Å²) >= 11 is 0. The minimum atomic E-state index is -0.0271. The Morgan fingerprint density at radius 2 is 1.88 bits per heavy atom. The van der Waals surface area contributed by atoms with Crippen molar-refractivity contribution in [3.05, 3.63) is 22.6 Å². The van der Waals surface area contributed by atoms with E-state index in [1.54, 1.807) is 16.9 Å². The van der Waals surface area contributed by atoms with Crippen LogP contribution in [0.25, 0.3) is 0 Å². The highest BCUT2D eigenvalue weighted by atomic mass is 16.2. The second-order valence-corrected chi connectivity index (χ2v) is 8.31. The summed E-state index contributed by atoms with van der Waals surface area (Å²) in [5.41, 5.74) is 0.826. The average Bonchev–Trinajstić information content (AvgIpc) is 3.37. The highest BCUT2D eigenvalue weighted by Crippen LogP contribution is 2.30. The second-order valence-electron chi connectivity index (χ2n) is 8.31. The maximum atomic E-state index is 12.6. The number of aromatic nitrogens is 2. The smallest absolute Gasteiger partial charge is 0.268 e. The number of hydrogen-bond donors (Lipinski definition) is 1. The molecular weight excluding hydrogens is 328 g/mol. The van der Waals surface area contributed by atoms with Crippen LogP contribution < -0.4 is 15.8 Å². The molecule has 1 N–H and O–H groups in total. The van der Waals surface area contributed by atoms with Crippen LogP contribution in [-0.2, 0) is 11.3 Å². The monoisotopic (exact) mass is 358 g/mol. The number of amides is 1. The lowest BCUT2D eigenvalue weighted by atomic mass is 10.1. The number of carbonyl (C=O) groups excluding carboxylic acids is 1. The van der Waals surface area contributed by atoms with E-state index in [2.05, 4.69) is 15.3 Å². The van der Waals surface area contributed by atoms with Gasteiger partial charge >= 0.3 is 0 Å². The summed E-state index contributed by atoms with van der Waals surface area (Å²) in [6.07, 6.45) is 12.3. The summed E-state index contributed by atoms with van der Waals surface area (Å²) in [6, 6.07) is 2.04. The molecule has 26 heavy (non-hydrogen) atoms. The van der Waals surface area contributed by atoms with Gasteiger partial charge < -0.3 is 10.2 Å². The standard InChI is InChI=1S/C20H30N4O2/c25-19-11-18(12-21-24(19)13-15-7-8-15)23-10-9-16(14-23)20(26)22-17-5-3-1-2-4-6-17/h11-12,15-17H,1-10,13-14H2,(H,22,26). The molecule has 3 fully saturated rings. The van der Waals surface area contributed by atoms with Crippen LogP contribution in [0.4, 0.5) is 5.69 Å². The van der Waals surface area contributed by atoms with Gasteiger partial charge in [0, 0.05) is 31.7 Å². The molecule has 0 spiro atoms. The molecule has 6 heteroatoms. The lowest BCUT2D eigenvalue weighted by Gasteiger charge is -2.20. The quantitative estimate of drug-likeness (QED) is 0.820. The van der Waals surface area contributed by atoms with Gasteiger partial charge in [-0.2, -0.15) is 5.10 Å². The minimum Gasteiger partial charge on any atom is -0.369 e. The highest BCUT2D eigenvalue weighted by Gasteiger charge is 2.30. The van der Waals surface area contributed by atoms with Gasteiger partial charge in [0.25, 0.3) is 5.56 Å². The molecule has 1 unspecified atom stereocenters. The zero-order chi connectivity index (χ0) is 17.9. The van der Waals surface area contributed by atoms with Crippen molar-refractivity contribution in [2.24, 2.45) is 11.8 Å². The van der Waals surface area contributed by atoms with Gasteiger partial charge in [-0.3, -0.25) is 9.59 Å². The molecule has 0 radical (unpaired) electrons. The van der Waals surface area contributed by atoms with Crippen LogP contribution in [-0.4, -0.2) is 34.8 Å². The molecule has 4 rings (SSSR count). The van der Waals surface area contributed by atoms with Crippen molar-refractivity contribution in [1.82, 2.24) is 15.1 Å². The second kappa shape index (κ2) is 7.80. The van der Waals surface area contributed by atoms with Crippen LogP contribution in [0.2, 0.25) is 0 Å². The van der Waals surface area contributed by atoms with Crippen LogP contribution in [0.1, 0.15) is 57.8 Å². The lowest BCUT2D eigenvalue weighted by Crippen LogP contribution is -2.39. The van der Waals surface area contributed by atoms with Gasteiger partial charge in [0.15, 0.2) is 0 Å². The molecule has 142 valence electrons. The summed E-state index contributed by atoms with van der Waals surface area (Å²) in [5, 5.41) is 7.61. The van der Waals surface area contributed by atoms with E-state index in [9.17, 15) is 9.59 Å². The summed E-state index contributed by atoms with van der Waals surface area (Å²) in [6.45, 7) is 2.24. The molecule has 2 aliphatic carbocycles. The zero-order valence-corrected chi connectivity index (χ0v) is 15.5. The molecule has 1 atom stereocenters. The number of carbonyl (C=O) groups is 1. The maximum Gasteiger partial charge on any atom is 0.268 e. The normalized spacial score (nSPS) is 24.5. The molecule has 1 amide bonds. The van der Waals surface area contributed by atoms with E-state index in [0.717, 1.165) is 38.0 Å². The van der Waals surface area contributed by atoms with Gasteiger partial charge in [0.1, 0.15) is 0 Å². The number of rotatable bonds is 5. The average molecular weight is 358 g/mol. The number of anilines is 1. The first-order valence-electron chi connectivity index (χ1n) is 10.3. The van der Waals surface area contributed by atoms with Gasteiger partial charge in [-0.1, -0.05) is 25.7 Å². The number of nitrogens with one attached hydrogen (secondary N) is 1. The number of nitrogens with zero attached hydrogens (tertiary/aromatic N) is 3. The third-order valence-corrected chi connectivity index (χ3v) is 6.11. The van der Waals surface area contributed by atoms with Crippen molar-refractivity contribution in [1.29, 1.82) is 0 Å². The fourth-order valence-electron chi connectivity index (χ4n) is 4.23. The van der Waals surface area contributed by atoms with Crippen LogP contribution in [0.15, 0.2) is 17.1 Å². The Morgan fingerprint density at radius 1 is 1.12 bits per heavy atom. The van der Waals surface area contributed by atoms with Crippen molar-refractivity contribution in [2.45, 2.75) is 70.4 Å². The van der Waals surface area contributed by atoms with E-state index in [0.29, 0.717) is 18.5 Å². The van der Waals surface area contributed by atoms with Crippen molar-refractivity contribution >= 4 is 11.6 Å². The van der Waals surface area contributed by atoms with Crippen LogP contribution in [0.3, 0.4) is 0 Å². The predicted molar refractivity (Wildman–Crippen MR) is 101 cm³/mol. The topological polar surface area (TPSA) is 67.2 Å². The van der Waals surface area contributed by atoms with Crippen LogP contribution >= 0.6 is 0 Å². The summed E-state index contributed by atoms with van der Waals surface area (Å²) in [7, 11) is 0. The Bertz CT molecular complexity index is 689. The Kier molecular flexibility index (Phi) is 5.27. The number of hydrogen-bond acceptors (Lipinski definition) is 4. The van der Waals surface area contributed by atoms with Crippen LogP contribution in [0, 0.1) is 11.8 Å². The maximum absolute atomic E-state index is 12.6. The Morgan fingerprint density at radius 3 is 2.58 bits per heavy atom. The third-order valence-electron chi connectivity index (χ3n) is 6.11. The summed E-state index contributed by atoms with van der Waals surface area (Å²) < 4.78 is 1.58. The highest BCUT2D eigenvalue weighted by molar-refractivity contribution is 5.80. The van der Waals surface area contributed by atoms with E-state index in [4.69, 9.17) is 0 Å². The Hall–Kier alpha value is -1.85. The lowest BCUT2D eigenvalue weighted by molar-refractivity contribution is -0.125. The van der Waals surface area contributed by atoms with Gasteiger partial charge in [-0.05, 0) is 38.0 Å². The van der Waals surface area contributed by atoms with E-state index in [1.807, 2.05) is 0 Å². The van der Waals surface area contributed by atoms with Crippen molar-refractivity contribution < 1.29 is 4.79 Å². The molecule has 0 bridgehead atoms. The first-order chi connectivity index (χ1) is 12.7. The summed E-state index contributed by atoms with van der Waals surface area (Å²) in [4.78, 5) is 27.0. The zero-order valence-electron chi connectivity index (χ0n) is 15.5. The van der Waals surface area contributed by atoms with Crippen molar-refractivity contribution in [3.63, 3.8) is 0 Å². The molecule has 2 saturated carbocycles. The molecule has 2 heterocycles. The molecule has 3 aliphatic rings. The van der Waals surface area contributed by atoms with Gasteiger partial charge in [0.05, 0.1) is 17.8 Å². The SMILES string of the molecule is O=C(NC1CCCCCC1)C1CCN(c2cnn(CC3CC3)c(=O)c2)C1. The van der Waals surface area contributed by atoms with E-state index in [-0.39, 0.29) is 17.4 Å². The minimum absolute atomic E-state index is 0.0205. The molecular formula is C20H30N4O2. The molecule has 1 aromatic heterocycles. The van der Waals surface area contributed by atoms with Gasteiger partial charge in [-0.15, -0.1) is 0 Å². The van der Waals surface area contributed by atoms with E-state index < -0.39 is 0 Å². The van der Waals surface area contributed by atoms with Gasteiger partial charge in [-0.25, -0.2) is 4.68 Å². The van der Waals surface area contributed by atoms with Crippen LogP contribution in [0.5, 0.6) is 0 Å². The molecule has 1 aromatic rings.